The van der Waals surface area contributed by atoms with E-state index in [0.29, 0.717) is 69.3 Å². The molecule has 0 saturated heterocycles. The van der Waals surface area contributed by atoms with Crippen LogP contribution < -0.4 is 65.1 Å². The van der Waals surface area contributed by atoms with Crippen molar-refractivity contribution in [1.82, 2.24) is 37.2 Å². The molecule has 0 bridgehead atoms. The fourth-order valence-corrected chi connectivity index (χ4v) is 7.94. The van der Waals surface area contributed by atoms with Crippen LogP contribution >= 0.6 is 0 Å². The summed E-state index contributed by atoms with van der Waals surface area (Å²) in [5, 5.41) is 47.4. The third-order valence-electron chi connectivity index (χ3n) is 12.8. The Kier molecular flexibility index (Phi) is 29.2. The number of hydrogen-bond donors (Lipinski definition) is 12. The Labute approximate surface area is 449 Å². The number of unbranched alkanes of at least 4 members (excludes halogenated alkanes) is 3. The number of rotatable bonds is 37. The van der Waals surface area contributed by atoms with Crippen LogP contribution in [0.4, 0.5) is 22.7 Å². The topological polar surface area (TPSA) is 409 Å². The van der Waals surface area contributed by atoms with E-state index in [4.69, 9.17) is 17.2 Å². The second kappa shape index (κ2) is 34.2. The van der Waals surface area contributed by atoms with E-state index >= 15 is 0 Å². The van der Waals surface area contributed by atoms with Gasteiger partial charge in [-0.3, -0.25) is 58.6 Å². The van der Waals surface area contributed by atoms with Crippen molar-refractivity contribution in [2.75, 3.05) is 43.9 Å². The maximum absolute atomic E-state index is 14.2. The Balaban J connectivity index is 2.23. The zero-order valence-corrected chi connectivity index (χ0v) is 45.4. The van der Waals surface area contributed by atoms with Crippen LogP contribution in [0.25, 0.3) is 0 Å². The summed E-state index contributed by atoms with van der Waals surface area (Å²) in [6.45, 7) is 11.3. The first-order valence-corrected chi connectivity index (χ1v) is 26.2. The summed E-state index contributed by atoms with van der Waals surface area (Å²) in [4.78, 5) is 129. The van der Waals surface area contributed by atoms with E-state index in [1.807, 2.05) is 6.92 Å². The van der Waals surface area contributed by atoms with Crippen molar-refractivity contribution in [3.63, 3.8) is 0 Å². The summed E-state index contributed by atoms with van der Waals surface area (Å²) < 4.78 is 0. The summed E-state index contributed by atoms with van der Waals surface area (Å²) >= 11 is 0. The van der Waals surface area contributed by atoms with Gasteiger partial charge in [-0.25, -0.2) is 0 Å². The molecule has 428 valence electrons. The first-order chi connectivity index (χ1) is 36.5. The quantitative estimate of drug-likeness (QED) is 0.0261. The van der Waals surface area contributed by atoms with Crippen molar-refractivity contribution in [1.29, 1.82) is 0 Å². The lowest BCUT2D eigenvalue weighted by Crippen LogP contribution is -2.61. The van der Waals surface area contributed by atoms with Gasteiger partial charge >= 0.3 is 0 Å². The predicted molar refractivity (Wildman–Crippen MR) is 291 cm³/mol. The van der Waals surface area contributed by atoms with E-state index in [2.05, 4.69) is 47.9 Å². The number of amides is 8. The maximum atomic E-state index is 14.2. The number of primary amides is 1. The molecular weight excluding hydrogens is 1000 g/mol. The van der Waals surface area contributed by atoms with Crippen LogP contribution in [0.3, 0.4) is 0 Å². The van der Waals surface area contributed by atoms with E-state index in [1.54, 1.807) is 65.9 Å². The highest BCUT2D eigenvalue weighted by atomic mass is 16.6. The van der Waals surface area contributed by atoms with Gasteiger partial charge in [0.05, 0.1) is 27.5 Å². The Morgan fingerprint density at radius 3 is 1.73 bits per heavy atom. The van der Waals surface area contributed by atoms with Crippen LogP contribution in [-0.2, 0) is 33.6 Å². The minimum atomic E-state index is -1.38. The molecule has 0 fully saturated rings. The second-order valence-electron chi connectivity index (χ2n) is 19.5. The Bertz CT molecular complexity index is 2320. The molecular formula is C51H82N14O12. The maximum Gasteiger partial charge on any atom is 0.299 e. The summed E-state index contributed by atoms with van der Waals surface area (Å²) in [6, 6.07) is 3.17. The standard InChI is InChI=1S/C51H82N14O12/c1-8-32(6)44(45(54)67)63-51(73)43(31(4)5)62-48(70)38(20-11-13-25-52)60-50(72)42(30(2)3)61-49(71)39(59-47(69)35(53)18-12-14-28-58-46(68)34-17-9-10-19-36(34)55-7)23-24-41(66)57-27-16-15-26-56-37-22-21-33(64(74)75)29-40(37)65(76)77/h9-10,17,19,21-22,29-32,35,38-39,42-44,55-56H,8,11-16,18,20,23-28,52-53H2,1-7H3,(H2,54,67)(H,57,66)(H,58,68)(H,59,69)(H,60,72)(H,61,71)(H,62,70)(H,63,73)/t32?,35-,38-,39-,42-,43-,44-/m0/s1. The number of nitrogens with two attached hydrogens (primary N) is 3. The number of carbonyl (C=O) groups excluding carboxylic acids is 8. The summed E-state index contributed by atoms with van der Waals surface area (Å²) in [7, 11) is 1.71. The molecule has 26 heteroatoms. The highest BCUT2D eigenvalue weighted by Gasteiger charge is 2.35. The van der Waals surface area contributed by atoms with Crippen LogP contribution in [0.15, 0.2) is 42.5 Å². The van der Waals surface area contributed by atoms with Crippen molar-refractivity contribution in [3.8, 4) is 0 Å². The lowest BCUT2D eigenvalue weighted by molar-refractivity contribution is -0.393. The molecule has 2 rings (SSSR count). The number of anilines is 2. The van der Waals surface area contributed by atoms with Gasteiger partial charge in [0.2, 0.25) is 41.4 Å². The average Bonchev–Trinajstić information content (AvgIpc) is 3.39. The van der Waals surface area contributed by atoms with Gasteiger partial charge in [0.25, 0.3) is 17.3 Å². The Morgan fingerprint density at radius 1 is 0.610 bits per heavy atom. The van der Waals surface area contributed by atoms with Gasteiger partial charge in [0.1, 0.15) is 35.9 Å². The van der Waals surface area contributed by atoms with Crippen molar-refractivity contribution in [3.05, 3.63) is 68.3 Å². The zero-order chi connectivity index (χ0) is 57.8. The van der Waals surface area contributed by atoms with Crippen molar-refractivity contribution >= 4 is 70.0 Å². The van der Waals surface area contributed by atoms with Gasteiger partial charge in [-0.15, -0.1) is 0 Å². The van der Waals surface area contributed by atoms with Gasteiger partial charge in [-0.2, -0.15) is 0 Å². The summed E-state index contributed by atoms with van der Waals surface area (Å²) in [5.41, 5.74) is 17.9. The highest BCUT2D eigenvalue weighted by Crippen LogP contribution is 2.29. The Morgan fingerprint density at radius 2 is 1.16 bits per heavy atom. The van der Waals surface area contributed by atoms with Crippen LogP contribution in [0.5, 0.6) is 0 Å². The molecule has 0 aromatic heterocycles. The molecule has 1 unspecified atom stereocenters. The van der Waals surface area contributed by atoms with E-state index in [1.165, 1.54) is 6.07 Å². The SMILES string of the molecule is CCC(C)[C@H](NC(=O)[C@@H](NC(=O)[C@H](CCCCN)NC(=O)[C@@H](NC(=O)[C@H](CCC(=O)NCCCCNc1ccc([N+](=O)[O-])cc1[N+](=O)[O-])NC(=O)[C@@H](N)CCCCNC(=O)c1ccccc1NC)C(C)C)C(C)C)C(N)=O. The van der Waals surface area contributed by atoms with Crippen molar-refractivity contribution < 1.29 is 48.2 Å². The molecule has 0 radical (unpaired) electrons. The predicted octanol–water partition coefficient (Wildman–Crippen LogP) is 1.96. The normalized spacial score (nSPS) is 13.8. The molecule has 0 saturated carbocycles. The fraction of sp³-hybridized carbons (Fsp3) is 0.608. The summed E-state index contributed by atoms with van der Waals surface area (Å²) in [5.74, 6) is -6.46. The number of carbonyl (C=O) groups is 8. The third-order valence-corrected chi connectivity index (χ3v) is 12.8. The molecule has 15 N–H and O–H groups in total. The lowest BCUT2D eigenvalue weighted by Gasteiger charge is -2.30. The van der Waals surface area contributed by atoms with E-state index in [9.17, 15) is 58.6 Å². The van der Waals surface area contributed by atoms with Crippen LogP contribution in [0.2, 0.25) is 0 Å². The lowest BCUT2D eigenvalue weighted by atomic mass is 9.96. The number of nitrogens with one attached hydrogen (secondary N) is 9. The smallest absolute Gasteiger partial charge is 0.299 e. The van der Waals surface area contributed by atoms with Crippen LogP contribution in [0.1, 0.15) is 123 Å². The minimum Gasteiger partial charge on any atom is -0.387 e. The average molecular weight is 1080 g/mol. The first kappa shape index (κ1) is 65.6. The largest absolute Gasteiger partial charge is 0.387 e. The molecule has 0 aliphatic heterocycles. The molecule has 0 aliphatic rings. The zero-order valence-electron chi connectivity index (χ0n) is 45.4. The highest BCUT2D eigenvalue weighted by molar-refractivity contribution is 6.00. The van der Waals surface area contributed by atoms with Gasteiger partial charge in [-0.05, 0) is 100 Å². The van der Waals surface area contributed by atoms with Crippen LogP contribution in [-0.4, -0.2) is 127 Å². The first-order valence-electron chi connectivity index (χ1n) is 26.2. The number of nitro benzene ring substituents is 2. The number of nitrogens with zero attached hydrogens (tertiary/aromatic N) is 2. The molecule has 7 atom stereocenters. The van der Waals surface area contributed by atoms with Crippen LogP contribution in [0, 0.1) is 38.0 Å². The van der Waals surface area contributed by atoms with Crippen molar-refractivity contribution in [2.45, 2.75) is 148 Å². The van der Waals surface area contributed by atoms with Crippen molar-refractivity contribution in [2.24, 2.45) is 35.0 Å². The fourth-order valence-electron chi connectivity index (χ4n) is 7.94. The van der Waals surface area contributed by atoms with E-state index < -0.39 is 111 Å². The summed E-state index contributed by atoms with van der Waals surface area (Å²) in [6.07, 6.45) is 2.98. The van der Waals surface area contributed by atoms with E-state index in [-0.39, 0.29) is 56.3 Å². The number of non-ortho nitro benzene ring substituents is 1. The molecule has 26 nitrogen and oxygen atoms in total. The molecule has 2 aromatic carbocycles. The third kappa shape index (κ3) is 22.7. The Hall–Kier alpha value is -7.48. The van der Waals surface area contributed by atoms with Gasteiger partial charge < -0.3 is 65.1 Å². The molecule has 77 heavy (non-hydrogen) atoms. The monoisotopic (exact) mass is 1080 g/mol. The number of nitro groups is 2. The molecule has 0 spiro atoms. The van der Waals surface area contributed by atoms with Gasteiger partial charge in [0, 0.05) is 44.9 Å². The van der Waals surface area contributed by atoms with Gasteiger partial charge in [0.15, 0.2) is 0 Å². The number of hydrogen-bond acceptors (Lipinski definition) is 16. The number of para-hydroxylation sites is 1. The van der Waals surface area contributed by atoms with E-state index in [0.717, 1.165) is 12.1 Å². The second-order valence-corrected chi connectivity index (χ2v) is 19.5. The molecule has 0 heterocycles. The molecule has 2 aromatic rings. The minimum absolute atomic E-state index is 0.0899. The molecule has 0 aliphatic carbocycles. The number of benzene rings is 2. The molecule has 8 amide bonds. The van der Waals surface area contributed by atoms with Gasteiger partial charge in [-0.1, -0.05) is 60.1 Å².